The molecule has 2 rings (SSSR count). The number of carbonyl (C=O) groups is 1. The van der Waals surface area contributed by atoms with Crippen LogP contribution in [0, 0.1) is 21.4 Å². The lowest BCUT2D eigenvalue weighted by molar-refractivity contribution is -0.384. The maximum absolute atomic E-state index is 11.3. The summed E-state index contributed by atoms with van der Waals surface area (Å²) in [5.74, 6) is -1.02. The number of ether oxygens (including phenoxy) is 1. The van der Waals surface area contributed by atoms with Gasteiger partial charge in [0.1, 0.15) is 12.1 Å². The minimum atomic E-state index is -1.02. The summed E-state index contributed by atoms with van der Waals surface area (Å²) in [6.07, 6.45) is 0.0427. The van der Waals surface area contributed by atoms with Gasteiger partial charge in [0.25, 0.3) is 5.69 Å². The Labute approximate surface area is 120 Å². The number of nitriles is 1. The van der Waals surface area contributed by atoms with Crippen LogP contribution in [0.3, 0.4) is 0 Å². The minimum absolute atomic E-state index is 0.0761. The first-order valence-electron chi connectivity index (χ1n) is 6.18. The van der Waals surface area contributed by atoms with E-state index in [0.29, 0.717) is 18.7 Å². The highest BCUT2D eigenvalue weighted by atomic mass is 16.6. The fraction of sp³-hybridized carbons (Fsp3) is 0.385. The summed E-state index contributed by atoms with van der Waals surface area (Å²) < 4.78 is 5.18. The number of carboxylic acid groups (broad SMARTS) is 1. The number of nitro benzene ring substituents is 1. The van der Waals surface area contributed by atoms with Gasteiger partial charge in [0.2, 0.25) is 0 Å². The Morgan fingerprint density at radius 3 is 2.86 bits per heavy atom. The van der Waals surface area contributed by atoms with Crippen LogP contribution in [0.2, 0.25) is 0 Å². The number of hydrogen-bond donors (Lipinski definition) is 1. The van der Waals surface area contributed by atoms with Gasteiger partial charge in [-0.2, -0.15) is 5.26 Å². The third kappa shape index (κ3) is 2.78. The van der Waals surface area contributed by atoms with Gasteiger partial charge in [0.05, 0.1) is 22.3 Å². The Kier molecular flexibility index (Phi) is 4.05. The van der Waals surface area contributed by atoms with E-state index in [1.54, 1.807) is 4.90 Å². The lowest BCUT2D eigenvalue weighted by atomic mass is 10.1. The average Bonchev–Trinajstić information content (AvgIpc) is 2.90. The van der Waals surface area contributed by atoms with Gasteiger partial charge >= 0.3 is 5.97 Å². The number of aliphatic carboxylic acids is 1. The highest BCUT2D eigenvalue weighted by molar-refractivity contribution is 5.80. The molecule has 110 valence electrons. The number of nitro groups is 1. The van der Waals surface area contributed by atoms with Crippen molar-refractivity contribution in [3.63, 3.8) is 0 Å². The number of non-ortho nitro benzene ring substituents is 1. The Morgan fingerprint density at radius 2 is 2.33 bits per heavy atom. The second-order valence-corrected chi connectivity index (χ2v) is 4.67. The van der Waals surface area contributed by atoms with Gasteiger partial charge in [-0.05, 0) is 6.07 Å². The van der Waals surface area contributed by atoms with E-state index in [1.165, 1.54) is 19.2 Å². The van der Waals surface area contributed by atoms with Crippen molar-refractivity contribution >= 4 is 17.3 Å². The largest absolute Gasteiger partial charge is 0.480 e. The summed E-state index contributed by atoms with van der Waals surface area (Å²) in [7, 11) is 1.49. The van der Waals surface area contributed by atoms with E-state index < -0.39 is 16.9 Å². The van der Waals surface area contributed by atoms with Crippen LogP contribution in [-0.4, -0.2) is 41.8 Å². The Hall–Kier alpha value is -2.66. The first-order chi connectivity index (χ1) is 9.97. The second-order valence-electron chi connectivity index (χ2n) is 4.67. The normalized spacial score (nSPS) is 21.0. The molecule has 0 aromatic heterocycles. The summed E-state index contributed by atoms with van der Waals surface area (Å²) in [4.78, 5) is 23.0. The van der Waals surface area contributed by atoms with Crippen LogP contribution in [0.25, 0.3) is 0 Å². The van der Waals surface area contributed by atoms with Crippen molar-refractivity contribution in [2.75, 3.05) is 18.6 Å². The maximum Gasteiger partial charge on any atom is 0.326 e. The fourth-order valence-electron chi connectivity index (χ4n) is 2.45. The lowest BCUT2D eigenvalue weighted by Crippen LogP contribution is -2.36. The molecular formula is C13H13N3O5. The summed E-state index contributed by atoms with van der Waals surface area (Å²) in [5, 5.41) is 29.2. The zero-order valence-corrected chi connectivity index (χ0v) is 11.2. The van der Waals surface area contributed by atoms with Gasteiger partial charge < -0.3 is 14.7 Å². The van der Waals surface area contributed by atoms with Crippen molar-refractivity contribution in [2.24, 2.45) is 0 Å². The maximum atomic E-state index is 11.3. The molecule has 1 saturated heterocycles. The Bertz CT molecular complexity index is 625. The third-order valence-corrected chi connectivity index (χ3v) is 3.50. The number of methoxy groups -OCH3 is 1. The van der Waals surface area contributed by atoms with Crippen LogP contribution in [0.5, 0.6) is 0 Å². The van der Waals surface area contributed by atoms with Crippen molar-refractivity contribution in [1.29, 1.82) is 5.26 Å². The highest BCUT2D eigenvalue weighted by Crippen LogP contribution is 2.31. The molecule has 21 heavy (non-hydrogen) atoms. The predicted octanol–water partition coefficient (Wildman–Crippen LogP) is 1.14. The van der Waals surface area contributed by atoms with Crippen LogP contribution in [0.4, 0.5) is 11.4 Å². The molecule has 0 radical (unpaired) electrons. The van der Waals surface area contributed by atoms with Crippen molar-refractivity contribution in [1.82, 2.24) is 0 Å². The molecule has 1 aliphatic heterocycles. The van der Waals surface area contributed by atoms with E-state index in [0.717, 1.165) is 6.07 Å². The van der Waals surface area contributed by atoms with E-state index in [-0.39, 0.29) is 17.4 Å². The fourth-order valence-corrected chi connectivity index (χ4v) is 2.45. The topological polar surface area (TPSA) is 117 Å². The summed E-state index contributed by atoms with van der Waals surface area (Å²) in [5.41, 5.74) is 0.243. The van der Waals surface area contributed by atoms with Crippen molar-refractivity contribution < 1.29 is 19.6 Å². The van der Waals surface area contributed by atoms with Crippen LogP contribution in [0.15, 0.2) is 18.2 Å². The zero-order chi connectivity index (χ0) is 15.6. The zero-order valence-electron chi connectivity index (χ0n) is 11.2. The SMILES string of the molecule is COC1CC(C(=O)O)N(c2ccc([N+](=O)[O-])cc2C#N)C1. The van der Waals surface area contributed by atoms with Gasteiger partial charge in [-0.15, -0.1) is 0 Å². The molecular weight excluding hydrogens is 278 g/mol. The molecule has 2 unspecified atom stereocenters. The van der Waals surface area contributed by atoms with Gasteiger partial charge in [0.15, 0.2) is 0 Å². The van der Waals surface area contributed by atoms with E-state index >= 15 is 0 Å². The average molecular weight is 291 g/mol. The quantitative estimate of drug-likeness (QED) is 0.653. The number of nitrogens with zero attached hydrogens (tertiary/aromatic N) is 3. The van der Waals surface area contributed by atoms with Crippen molar-refractivity contribution in [3.05, 3.63) is 33.9 Å². The first kappa shape index (κ1) is 14.7. The molecule has 1 aromatic rings. The molecule has 1 aliphatic rings. The van der Waals surface area contributed by atoms with Crippen LogP contribution in [0.1, 0.15) is 12.0 Å². The van der Waals surface area contributed by atoms with Crippen LogP contribution >= 0.6 is 0 Å². The lowest BCUT2D eigenvalue weighted by Gasteiger charge is -2.24. The van der Waals surface area contributed by atoms with Crippen LogP contribution in [-0.2, 0) is 9.53 Å². The molecule has 8 nitrogen and oxygen atoms in total. The summed E-state index contributed by atoms with van der Waals surface area (Å²) in [6.45, 7) is 0.319. The minimum Gasteiger partial charge on any atom is -0.480 e. The molecule has 1 N–H and O–H groups in total. The summed E-state index contributed by atoms with van der Waals surface area (Å²) in [6, 6.07) is 4.88. The summed E-state index contributed by atoms with van der Waals surface area (Å²) >= 11 is 0. The molecule has 8 heteroatoms. The molecule has 0 bridgehead atoms. The van der Waals surface area contributed by atoms with Gasteiger partial charge in [-0.25, -0.2) is 4.79 Å². The second kappa shape index (κ2) is 5.76. The Morgan fingerprint density at radius 1 is 1.62 bits per heavy atom. The van der Waals surface area contributed by atoms with Crippen molar-refractivity contribution in [2.45, 2.75) is 18.6 Å². The number of anilines is 1. The van der Waals surface area contributed by atoms with E-state index in [2.05, 4.69) is 0 Å². The molecule has 1 aromatic carbocycles. The standard InChI is InChI=1S/C13H13N3O5/c1-21-10-5-12(13(17)18)15(7-10)11-3-2-9(16(19)20)4-8(11)6-14/h2-4,10,12H,5,7H2,1H3,(H,17,18). The van der Waals surface area contributed by atoms with E-state index in [1.807, 2.05) is 6.07 Å². The molecule has 0 aliphatic carbocycles. The molecule has 1 heterocycles. The smallest absolute Gasteiger partial charge is 0.326 e. The van der Waals surface area contributed by atoms with Gasteiger partial charge in [-0.3, -0.25) is 10.1 Å². The van der Waals surface area contributed by atoms with Crippen LogP contribution < -0.4 is 4.90 Å². The van der Waals surface area contributed by atoms with E-state index in [4.69, 9.17) is 10.00 Å². The van der Waals surface area contributed by atoms with Crippen molar-refractivity contribution in [3.8, 4) is 6.07 Å². The predicted molar refractivity (Wildman–Crippen MR) is 72.0 cm³/mol. The highest BCUT2D eigenvalue weighted by Gasteiger charge is 2.38. The number of hydrogen-bond acceptors (Lipinski definition) is 6. The number of benzene rings is 1. The number of rotatable bonds is 4. The van der Waals surface area contributed by atoms with E-state index in [9.17, 15) is 20.0 Å². The molecule has 2 atom stereocenters. The number of carboxylic acids is 1. The molecule has 0 amide bonds. The molecule has 1 fully saturated rings. The van der Waals surface area contributed by atoms with Gasteiger partial charge in [-0.1, -0.05) is 0 Å². The molecule has 0 saturated carbocycles. The Balaban J connectivity index is 2.42. The first-order valence-corrected chi connectivity index (χ1v) is 6.18. The van der Waals surface area contributed by atoms with Gasteiger partial charge in [0, 0.05) is 32.2 Å². The third-order valence-electron chi connectivity index (χ3n) is 3.50. The molecule has 0 spiro atoms. The monoisotopic (exact) mass is 291 g/mol.